The summed E-state index contributed by atoms with van der Waals surface area (Å²) >= 11 is 0. The zero-order chi connectivity index (χ0) is 22.3. The number of nitrogens with two attached hydrogens (primary N) is 1. The third-order valence-corrected chi connectivity index (χ3v) is 6.11. The Morgan fingerprint density at radius 3 is 2.77 bits per heavy atom. The third kappa shape index (κ3) is 3.53. The summed E-state index contributed by atoms with van der Waals surface area (Å²) in [6.07, 6.45) is -1.38. The van der Waals surface area contributed by atoms with E-state index in [1.165, 1.54) is 24.3 Å². The number of ether oxygens (including phenoxy) is 3. The number of imidazole rings is 1. The smallest absolute Gasteiger partial charge is 0.328 e. The first-order chi connectivity index (χ1) is 14.8. The summed E-state index contributed by atoms with van der Waals surface area (Å²) in [7, 11) is 1.21. The van der Waals surface area contributed by atoms with Crippen LogP contribution in [0, 0.1) is 5.92 Å². The van der Waals surface area contributed by atoms with Crippen LogP contribution in [0.4, 0.5) is 5.82 Å². The molecule has 170 valence electrons. The third-order valence-electron chi connectivity index (χ3n) is 6.11. The standard InChI is InChI=1S/C19H28N6O6/c1-9(2)19(20,18(28)29-3)14-12(26)13(27)17(31-14)25-8-23-11-15(21-7-22-16(11)25)24-10-4-5-30-6-10/h7-10,12-14,17,26-27H,4-6,20H2,1-3H3,(H,21,22,24)/t10-,12+,13-,14+,17?,19-/m1/s1. The predicted octanol–water partition coefficient (Wildman–Crippen LogP) is -0.827. The molecule has 31 heavy (non-hydrogen) atoms. The molecule has 0 bridgehead atoms. The summed E-state index contributed by atoms with van der Waals surface area (Å²) in [4.78, 5) is 25.4. The van der Waals surface area contributed by atoms with Crippen LogP contribution in [0.3, 0.4) is 0 Å². The molecular formula is C19H28N6O6. The highest BCUT2D eigenvalue weighted by Crippen LogP contribution is 2.38. The van der Waals surface area contributed by atoms with Gasteiger partial charge in [0.25, 0.3) is 0 Å². The van der Waals surface area contributed by atoms with Gasteiger partial charge in [-0.3, -0.25) is 4.57 Å². The van der Waals surface area contributed by atoms with Gasteiger partial charge in [0, 0.05) is 6.61 Å². The van der Waals surface area contributed by atoms with E-state index in [4.69, 9.17) is 19.9 Å². The Kier molecular flexibility index (Phi) is 5.83. The predicted molar refractivity (Wildman–Crippen MR) is 108 cm³/mol. The largest absolute Gasteiger partial charge is 0.468 e. The SMILES string of the molecule is COC(=O)[C@@](N)(C(C)C)[C@H]1OC(n2cnc3c(N[C@@H]4CCOC4)ncnc32)[C@H](O)[C@@H]1O. The fourth-order valence-corrected chi connectivity index (χ4v) is 4.13. The number of nitrogens with one attached hydrogen (secondary N) is 1. The van der Waals surface area contributed by atoms with Crippen LogP contribution in [0.25, 0.3) is 11.2 Å². The number of fused-ring (bicyclic) bond motifs is 1. The van der Waals surface area contributed by atoms with Crippen molar-refractivity contribution in [2.45, 2.75) is 56.4 Å². The molecule has 2 aromatic rings. The first-order valence-electron chi connectivity index (χ1n) is 10.2. The van der Waals surface area contributed by atoms with Gasteiger partial charge in [0.15, 0.2) is 23.2 Å². The fraction of sp³-hybridized carbons (Fsp3) is 0.684. The maximum atomic E-state index is 12.5. The molecule has 2 saturated heterocycles. The van der Waals surface area contributed by atoms with Crippen LogP contribution < -0.4 is 11.1 Å². The normalized spacial score (nSPS) is 30.6. The quantitative estimate of drug-likeness (QED) is 0.417. The number of carbonyl (C=O) groups excluding carboxylic acids is 1. The van der Waals surface area contributed by atoms with E-state index in [0.29, 0.717) is 30.2 Å². The van der Waals surface area contributed by atoms with Crippen molar-refractivity contribution in [3.63, 3.8) is 0 Å². The van der Waals surface area contributed by atoms with Crippen molar-refractivity contribution in [3.8, 4) is 0 Å². The molecule has 0 radical (unpaired) electrons. The van der Waals surface area contributed by atoms with Crippen LogP contribution in [0.2, 0.25) is 0 Å². The number of esters is 1. The van der Waals surface area contributed by atoms with Crippen LogP contribution in [0.5, 0.6) is 0 Å². The molecule has 2 fully saturated rings. The lowest BCUT2D eigenvalue weighted by molar-refractivity contribution is -0.161. The highest BCUT2D eigenvalue weighted by molar-refractivity contribution is 5.83. The minimum atomic E-state index is -1.66. The van der Waals surface area contributed by atoms with Crippen LogP contribution in [-0.4, -0.2) is 85.9 Å². The summed E-state index contributed by atoms with van der Waals surface area (Å²) in [6.45, 7) is 4.69. The van der Waals surface area contributed by atoms with Crippen molar-refractivity contribution in [2.24, 2.45) is 11.7 Å². The second-order valence-corrected chi connectivity index (χ2v) is 8.26. The number of aromatic nitrogens is 4. The summed E-state index contributed by atoms with van der Waals surface area (Å²) in [5.41, 5.74) is 5.58. The van der Waals surface area contributed by atoms with Gasteiger partial charge in [-0.2, -0.15) is 0 Å². The highest BCUT2D eigenvalue weighted by Gasteiger charge is 2.58. The van der Waals surface area contributed by atoms with E-state index in [-0.39, 0.29) is 6.04 Å². The molecule has 2 aromatic heterocycles. The number of aliphatic hydroxyl groups excluding tert-OH is 2. The van der Waals surface area contributed by atoms with Crippen molar-refractivity contribution in [3.05, 3.63) is 12.7 Å². The molecule has 5 N–H and O–H groups in total. The molecule has 0 saturated carbocycles. The summed E-state index contributed by atoms with van der Waals surface area (Å²) in [5, 5.41) is 24.8. The Morgan fingerprint density at radius 2 is 2.13 bits per heavy atom. The van der Waals surface area contributed by atoms with E-state index in [9.17, 15) is 15.0 Å². The van der Waals surface area contributed by atoms with Gasteiger partial charge in [-0.15, -0.1) is 0 Å². The Labute approximate surface area is 178 Å². The molecular weight excluding hydrogens is 408 g/mol. The second kappa shape index (κ2) is 8.28. The van der Waals surface area contributed by atoms with E-state index in [2.05, 4.69) is 20.3 Å². The van der Waals surface area contributed by atoms with Crippen molar-refractivity contribution >= 4 is 23.0 Å². The first-order valence-corrected chi connectivity index (χ1v) is 10.2. The Morgan fingerprint density at radius 1 is 1.35 bits per heavy atom. The van der Waals surface area contributed by atoms with Gasteiger partial charge >= 0.3 is 5.97 Å². The monoisotopic (exact) mass is 436 g/mol. The van der Waals surface area contributed by atoms with Crippen molar-refractivity contribution < 1.29 is 29.2 Å². The maximum Gasteiger partial charge on any atom is 0.328 e. The molecule has 12 heteroatoms. The fourth-order valence-electron chi connectivity index (χ4n) is 4.13. The molecule has 2 aliphatic heterocycles. The molecule has 0 amide bonds. The molecule has 4 rings (SSSR count). The average molecular weight is 436 g/mol. The number of hydrogen-bond donors (Lipinski definition) is 4. The Balaban J connectivity index is 1.66. The van der Waals surface area contributed by atoms with Gasteiger partial charge in [0.1, 0.15) is 30.2 Å². The second-order valence-electron chi connectivity index (χ2n) is 8.26. The van der Waals surface area contributed by atoms with E-state index < -0.39 is 42.0 Å². The number of methoxy groups -OCH3 is 1. The average Bonchev–Trinajstić information content (AvgIpc) is 3.48. The molecule has 0 spiro atoms. The number of nitrogens with zero attached hydrogens (tertiary/aromatic N) is 4. The van der Waals surface area contributed by atoms with Gasteiger partial charge in [-0.05, 0) is 12.3 Å². The lowest BCUT2D eigenvalue weighted by Crippen LogP contribution is -2.64. The van der Waals surface area contributed by atoms with Gasteiger partial charge in [0.05, 0.1) is 26.1 Å². The maximum absolute atomic E-state index is 12.5. The van der Waals surface area contributed by atoms with Crippen LogP contribution in [0.15, 0.2) is 12.7 Å². The topological polar surface area (TPSA) is 167 Å². The summed E-state index contributed by atoms with van der Waals surface area (Å²) in [6, 6.07) is 0.117. The van der Waals surface area contributed by atoms with Crippen LogP contribution in [-0.2, 0) is 19.0 Å². The minimum Gasteiger partial charge on any atom is -0.468 e. The molecule has 0 aromatic carbocycles. The van der Waals surface area contributed by atoms with E-state index in [0.717, 1.165) is 6.42 Å². The van der Waals surface area contributed by atoms with Crippen molar-refractivity contribution in [2.75, 3.05) is 25.6 Å². The number of carbonyl (C=O) groups is 1. The number of anilines is 1. The number of aliphatic hydroxyl groups is 2. The zero-order valence-corrected chi connectivity index (χ0v) is 17.6. The first kappa shape index (κ1) is 21.8. The van der Waals surface area contributed by atoms with Gasteiger partial charge in [-0.1, -0.05) is 13.8 Å². The van der Waals surface area contributed by atoms with E-state index >= 15 is 0 Å². The summed E-state index contributed by atoms with van der Waals surface area (Å²) in [5.74, 6) is -0.631. The van der Waals surface area contributed by atoms with Gasteiger partial charge in [0.2, 0.25) is 0 Å². The van der Waals surface area contributed by atoms with E-state index in [1.807, 2.05) is 0 Å². The number of hydrogen-bond acceptors (Lipinski definition) is 11. The number of rotatable bonds is 6. The molecule has 12 nitrogen and oxygen atoms in total. The highest BCUT2D eigenvalue weighted by atomic mass is 16.6. The van der Waals surface area contributed by atoms with Gasteiger partial charge in [-0.25, -0.2) is 19.7 Å². The zero-order valence-electron chi connectivity index (χ0n) is 17.6. The van der Waals surface area contributed by atoms with E-state index in [1.54, 1.807) is 13.8 Å². The minimum absolute atomic E-state index is 0.117. The lowest BCUT2D eigenvalue weighted by Gasteiger charge is -2.36. The Hall–Kier alpha value is -2.38. The van der Waals surface area contributed by atoms with Crippen LogP contribution in [0.1, 0.15) is 26.5 Å². The summed E-state index contributed by atoms with van der Waals surface area (Å²) < 4.78 is 17.7. The molecule has 6 atom stereocenters. The molecule has 4 heterocycles. The lowest BCUT2D eigenvalue weighted by atomic mass is 9.79. The molecule has 2 aliphatic rings. The molecule has 0 aliphatic carbocycles. The Bertz CT molecular complexity index is 947. The van der Waals surface area contributed by atoms with Crippen LogP contribution >= 0.6 is 0 Å². The van der Waals surface area contributed by atoms with Crippen molar-refractivity contribution in [1.82, 2.24) is 19.5 Å². The van der Waals surface area contributed by atoms with Crippen molar-refractivity contribution in [1.29, 1.82) is 0 Å². The van der Waals surface area contributed by atoms with Gasteiger partial charge < -0.3 is 35.5 Å². The molecule has 1 unspecified atom stereocenters.